The van der Waals surface area contributed by atoms with Gasteiger partial charge in [-0.25, -0.2) is 23.5 Å². The number of urea groups is 1. The minimum Gasteiger partial charge on any atom is -0.323 e. The maximum absolute atomic E-state index is 13.6. The lowest BCUT2D eigenvalue weighted by atomic mass is 9.80. The van der Waals surface area contributed by atoms with E-state index in [9.17, 15) is 23.2 Å². The molecule has 178 valence electrons. The van der Waals surface area contributed by atoms with Gasteiger partial charge in [-0.1, -0.05) is 0 Å². The predicted molar refractivity (Wildman–Crippen MR) is 119 cm³/mol. The van der Waals surface area contributed by atoms with E-state index in [1.807, 2.05) is 6.07 Å². The normalized spacial score (nSPS) is 18.6. The van der Waals surface area contributed by atoms with E-state index in [4.69, 9.17) is 5.26 Å². The third-order valence-corrected chi connectivity index (χ3v) is 6.62. The Kier molecular flexibility index (Phi) is 5.12. The Balaban J connectivity index is 1.35. The van der Waals surface area contributed by atoms with E-state index in [0.29, 0.717) is 22.7 Å². The number of aryl methyl sites for hydroxylation is 1. The molecule has 1 aliphatic carbocycles. The largest absolute Gasteiger partial charge is 0.325 e. The highest BCUT2D eigenvalue weighted by atomic mass is 19.3. The fraction of sp³-hybridized carbons (Fsp3) is 0.333. The summed E-state index contributed by atoms with van der Waals surface area (Å²) in [6.07, 6.45) is -1.31. The molecule has 0 unspecified atom stereocenters. The van der Waals surface area contributed by atoms with Gasteiger partial charge in [0, 0.05) is 24.1 Å². The van der Waals surface area contributed by atoms with E-state index in [1.54, 1.807) is 47.9 Å². The highest BCUT2D eigenvalue weighted by molar-refractivity contribution is 6.11. The summed E-state index contributed by atoms with van der Waals surface area (Å²) in [4.78, 5) is 47.8. The molecule has 2 fully saturated rings. The highest BCUT2D eigenvalue weighted by Gasteiger charge is 2.55. The van der Waals surface area contributed by atoms with Gasteiger partial charge in [0.2, 0.25) is 5.92 Å². The SMILES string of the molecule is Cc1nc2ccc(C#N)nc2n1-c1ccc(C(=O)CN2C(=O)NC3(CCC(F)(F)CC3)C2=O)cc1. The van der Waals surface area contributed by atoms with Crippen LogP contribution in [-0.2, 0) is 4.79 Å². The van der Waals surface area contributed by atoms with Crippen LogP contribution in [0.25, 0.3) is 16.9 Å². The molecule has 2 aliphatic rings. The summed E-state index contributed by atoms with van der Waals surface area (Å²) in [7, 11) is 0. The Bertz CT molecular complexity index is 1410. The van der Waals surface area contributed by atoms with Gasteiger partial charge in [-0.3, -0.25) is 19.1 Å². The second kappa shape index (κ2) is 7.94. The minimum atomic E-state index is -2.86. The first-order valence-corrected chi connectivity index (χ1v) is 11.0. The molecule has 3 amide bonds. The van der Waals surface area contributed by atoms with Crippen molar-refractivity contribution in [1.29, 1.82) is 5.26 Å². The number of hydrogen-bond acceptors (Lipinski definition) is 6. The van der Waals surface area contributed by atoms with Crippen LogP contribution in [0.5, 0.6) is 0 Å². The smallest absolute Gasteiger partial charge is 0.323 e. The zero-order valence-corrected chi connectivity index (χ0v) is 18.7. The number of benzene rings is 1. The number of aromatic nitrogens is 3. The fourth-order valence-electron chi connectivity index (χ4n) is 4.67. The van der Waals surface area contributed by atoms with Crippen molar-refractivity contribution in [2.24, 2.45) is 0 Å². The van der Waals surface area contributed by atoms with Crippen molar-refractivity contribution >= 4 is 28.9 Å². The minimum absolute atomic E-state index is 0.163. The summed E-state index contributed by atoms with van der Waals surface area (Å²) < 4.78 is 28.9. The van der Waals surface area contributed by atoms with Crippen molar-refractivity contribution in [1.82, 2.24) is 24.8 Å². The molecule has 1 aromatic carbocycles. The number of fused-ring (bicyclic) bond motifs is 1. The second-order valence-corrected chi connectivity index (χ2v) is 8.88. The number of pyridine rings is 1. The van der Waals surface area contributed by atoms with Gasteiger partial charge in [-0.15, -0.1) is 0 Å². The van der Waals surface area contributed by atoms with Crippen molar-refractivity contribution in [3.8, 4) is 11.8 Å². The Morgan fingerprint density at radius 1 is 1.09 bits per heavy atom. The van der Waals surface area contributed by atoms with E-state index in [2.05, 4.69) is 15.3 Å². The lowest BCUT2D eigenvalue weighted by molar-refractivity contribution is -0.135. The van der Waals surface area contributed by atoms with Crippen molar-refractivity contribution in [3.05, 3.63) is 53.5 Å². The molecule has 1 spiro atoms. The van der Waals surface area contributed by atoms with Crippen LogP contribution in [0, 0.1) is 18.3 Å². The summed E-state index contributed by atoms with van der Waals surface area (Å²) >= 11 is 0. The van der Waals surface area contributed by atoms with Gasteiger partial charge < -0.3 is 5.32 Å². The maximum atomic E-state index is 13.6. The first-order valence-electron chi connectivity index (χ1n) is 11.0. The van der Waals surface area contributed by atoms with Crippen LogP contribution < -0.4 is 5.32 Å². The summed E-state index contributed by atoms with van der Waals surface area (Å²) in [5.74, 6) is -3.31. The number of amides is 3. The van der Waals surface area contributed by atoms with Gasteiger partial charge in [0.25, 0.3) is 5.91 Å². The second-order valence-electron chi connectivity index (χ2n) is 8.88. The molecule has 1 saturated heterocycles. The lowest BCUT2D eigenvalue weighted by Gasteiger charge is -2.34. The van der Waals surface area contributed by atoms with Crippen molar-refractivity contribution < 1.29 is 23.2 Å². The number of ketones is 1. The number of carbonyl (C=O) groups is 3. The van der Waals surface area contributed by atoms with Crippen molar-refractivity contribution in [2.75, 3.05) is 6.54 Å². The molecule has 11 heteroatoms. The number of rotatable bonds is 4. The molecule has 0 atom stereocenters. The number of nitrogens with one attached hydrogen (secondary N) is 1. The topological polar surface area (TPSA) is 121 Å². The number of imidazole rings is 1. The zero-order valence-electron chi connectivity index (χ0n) is 18.7. The summed E-state index contributed by atoms with van der Waals surface area (Å²) in [5, 5.41) is 11.7. The van der Waals surface area contributed by atoms with Crippen LogP contribution in [0.3, 0.4) is 0 Å². The van der Waals surface area contributed by atoms with Gasteiger partial charge >= 0.3 is 6.03 Å². The Morgan fingerprint density at radius 2 is 1.77 bits per heavy atom. The van der Waals surface area contributed by atoms with Crippen LogP contribution in [0.15, 0.2) is 36.4 Å². The number of alkyl halides is 2. The first-order chi connectivity index (χ1) is 16.6. The summed E-state index contributed by atoms with van der Waals surface area (Å²) in [5.41, 5.74) is 0.953. The molecule has 2 aromatic heterocycles. The van der Waals surface area contributed by atoms with Crippen molar-refractivity contribution in [3.63, 3.8) is 0 Å². The van der Waals surface area contributed by atoms with Crippen LogP contribution >= 0.6 is 0 Å². The molecule has 1 saturated carbocycles. The Labute approximate surface area is 198 Å². The summed E-state index contributed by atoms with van der Waals surface area (Å²) in [6.45, 7) is 1.31. The number of hydrogen-bond donors (Lipinski definition) is 1. The Morgan fingerprint density at radius 3 is 2.43 bits per heavy atom. The van der Waals surface area contributed by atoms with Crippen LogP contribution in [0.1, 0.15) is 47.6 Å². The summed E-state index contributed by atoms with van der Waals surface area (Å²) in [6, 6.07) is 11.0. The van der Waals surface area contributed by atoms with Gasteiger partial charge in [-0.05, 0) is 56.2 Å². The number of nitrogens with zero attached hydrogens (tertiary/aromatic N) is 5. The third-order valence-electron chi connectivity index (χ3n) is 6.62. The van der Waals surface area contributed by atoms with Gasteiger partial charge in [-0.2, -0.15) is 5.26 Å². The molecular weight excluding hydrogens is 458 g/mol. The molecule has 1 N–H and O–H groups in total. The number of carbonyl (C=O) groups excluding carboxylic acids is 3. The predicted octanol–water partition coefficient (Wildman–Crippen LogP) is 3.28. The van der Waals surface area contributed by atoms with E-state index in [0.717, 1.165) is 4.90 Å². The monoisotopic (exact) mass is 478 g/mol. The first kappa shape index (κ1) is 22.6. The van der Waals surface area contributed by atoms with Crippen LogP contribution in [0.2, 0.25) is 0 Å². The van der Waals surface area contributed by atoms with Crippen LogP contribution in [-0.4, -0.2) is 55.2 Å². The van der Waals surface area contributed by atoms with Crippen LogP contribution in [0.4, 0.5) is 13.6 Å². The average Bonchev–Trinajstić information content (AvgIpc) is 3.29. The maximum Gasteiger partial charge on any atom is 0.325 e. The third kappa shape index (κ3) is 3.80. The molecule has 3 heterocycles. The number of Topliss-reactive ketones (excluding diaryl/α,β-unsaturated/α-hetero) is 1. The Hall–Kier alpha value is -4.20. The van der Waals surface area contributed by atoms with Gasteiger partial charge in [0.05, 0.1) is 6.54 Å². The van der Waals surface area contributed by atoms with E-state index in [1.165, 1.54) is 0 Å². The number of imide groups is 1. The zero-order chi connectivity index (χ0) is 25.0. The number of halogens is 2. The van der Waals surface area contributed by atoms with E-state index in [-0.39, 0.29) is 24.1 Å². The molecule has 0 bridgehead atoms. The molecule has 5 rings (SSSR count). The van der Waals surface area contributed by atoms with Crippen molar-refractivity contribution in [2.45, 2.75) is 44.1 Å². The molecule has 3 aromatic rings. The van der Waals surface area contributed by atoms with E-state index >= 15 is 0 Å². The van der Waals surface area contributed by atoms with E-state index < -0.39 is 48.6 Å². The molecule has 1 aliphatic heterocycles. The fourth-order valence-corrected chi connectivity index (χ4v) is 4.67. The quantitative estimate of drug-likeness (QED) is 0.454. The standard InChI is InChI=1S/C24H20F2N6O3/c1-14-28-18-7-4-16(12-27)29-20(18)32(14)17-5-2-15(3-6-17)19(33)13-31-21(34)23(30-22(31)35)8-10-24(25,26)11-9-23/h2-7H,8-11,13H2,1H3,(H,30,35). The lowest BCUT2D eigenvalue weighted by Crippen LogP contribution is -2.51. The van der Waals surface area contributed by atoms with Gasteiger partial charge in [0.1, 0.15) is 28.6 Å². The van der Waals surface area contributed by atoms with Gasteiger partial charge in [0.15, 0.2) is 11.4 Å². The highest BCUT2D eigenvalue weighted by Crippen LogP contribution is 2.41. The molecule has 0 radical (unpaired) electrons. The molecular formula is C24H20F2N6O3. The molecule has 35 heavy (non-hydrogen) atoms. The number of nitriles is 1. The molecule has 9 nitrogen and oxygen atoms in total. The average molecular weight is 478 g/mol.